The Balaban J connectivity index is 1.72. The SMILES string of the molecule is O=C(/C=C/c1ccc(Cl)cc1)Oc1ccc2cc(Br)ccc2c1. The summed E-state index contributed by atoms with van der Waals surface area (Å²) >= 11 is 9.26. The largest absolute Gasteiger partial charge is 0.423 e. The number of hydrogen-bond acceptors (Lipinski definition) is 2. The number of carbonyl (C=O) groups excluding carboxylic acids is 1. The molecule has 0 aliphatic carbocycles. The zero-order valence-electron chi connectivity index (χ0n) is 12.0. The maximum absolute atomic E-state index is 11.9. The molecular formula is C19H12BrClO2. The summed E-state index contributed by atoms with van der Waals surface area (Å²) in [7, 11) is 0. The first-order chi connectivity index (χ1) is 11.1. The van der Waals surface area contributed by atoms with E-state index in [0.717, 1.165) is 20.8 Å². The van der Waals surface area contributed by atoms with E-state index in [4.69, 9.17) is 16.3 Å². The van der Waals surface area contributed by atoms with Gasteiger partial charge in [0.2, 0.25) is 0 Å². The summed E-state index contributed by atoms with van der Waals surface area (Å²) in [5.41, 5.74) is 0.884. The van der Waals surface area contributed by atoms with Crippen LogP contribution in [0.25, 0.3) is 16.8 Å². The van der Waals surface area contributed by atoms with Crippen molar-refractivity contribution >= 4 is 50.3 Å². The first-order valence-electron chi connectivity index (χ1n) is 6.95. The second-order valence-corrected chi connectivity index (χ2v) is 6.31. The highest BCUT2D eigenvalue weighted by Crippen LogP contribution is 2.24. The predicted molar refractivity (Wildman–Crippen MR) is 97.8 cm³/mol. The number of carbonyl (C=O) groups is 1. The molecule has 0 aliphatic rings. The van der Waals surface area contributed by atoms with Crippen LogP contribution in [0.3, 0.4) is 0 Å². The fourth-order valence-electron chi connectivity index (χ4n) is 2.15. The number of rotatable bonds is 3. The summed E-state index contributed by atoms with van der Waals surface area (Å²) in [5.74, 6) is 0.0991. The van der Waals surface area contributed by atoms with Gasteiger partial charge in [-0.15, -0.1) is 0 Å². The normalized spacial score (nSPS) is 11.0. The number of fused-ring (bicyclic) bond motifs is 1. The third-order valence-electron chi connectivity index (χ3n) is 3.27. The molecule has 0 amide bonds. The van der Waals surface area contributed by atoms with Crippen LogP contribution < -0.4 is 4.74 Å². The molecule has 0 saturated carbocycles. The van der Waals surface area contributed by atoms with E-state index in [-0.39, 0.29) is 0 Å². The highest BCUT2D eigenvalue weighted by molar-refractivity contribution is 9.10. The summed E-state index contributed by atoms with van der Waals surface area (Å²) in [5, 5.41) is 2.75. The Labute approximate surface area is 147 Å². The fourth-order valence-corrected chi connectivity index (χ4v) is 2.65. The molecule has 0 aliphatic heterocycles. The van der Waals surface area contributed by atoms with Gasteiger partial charge in [0.25, 0.3) is 0 Å². The maximum Gasteiger partial charge on any atom is 0.336 e. The van der Waals surface area contributed by atoms with E-state index >= 15 is 0 Å². The first kappa shape index (κ1) is 15.8. The van der Waals surface area contributed by atoms with Crippen molar-refractivity contribution in [1.82, 2.24) is 0 Å². The molecule has 0 saturated heterocycles. The molecule has 23 heavy (non-hydrogen) atoms. The number of hydrogen-bond donors (Lipinski definition) is 0. The number of benzene rings is 3. The third-order valence-corrected chi connectivity index (χ3v) is 4.02. The van der Waals surface area contributed by atoms with Gasteiger partial charge >= 0.3 is 5.97 Å². The van der Waals surface area contributed by atoms with Gasteiger partial charge in [0.15, 0.2) is 0 Å². The predicted octanol–water partition coefficient (Wildman–Crippen LogP) is 5.87. The van der Waals surface area contributed by atoms with Crippen molar-refractivity contribution in [2.24, 2.45) is 0 Å². The highest BCUT2D eigenvalue weighted by atomic mass is 79.9. The topological polar surface area (TPSA) is 26.3 Å². The average Bonchev–Trinajstić information content (AvgIpc) is 2.54. The van der Waals surface area contributed by atoms with E-state index in [1.807, 2.05) is 42.5 Å². The summed E-state index contributed by atoms with van der Waals surface area (Å²) in [6.45, 7) is 0. The lowest BCUT2D eigenvalue weighted by Gasteiger charge is -2.04. The Morgan fingerprint density at radius 1 is 0.957 bits per heavy atom. The van der Waals surface area contributed by atoms with E-state index in [1.54, 1.807) is 24.3 Å². The van der Waals surface area contributed by atoms with E-state index in [1.165, 1.54) is 6.08 Å². The zero-order chi connectivity index (χ0) is 16.2. The van der Waals surface area contributed by atoms with Gasteiger partial charge in [-0.1, -0.05) is 51.8 Å². The summed E-state index contributed by atoms with van der Waals surface area (Å²) in [6.07, 6.45) is 3.09. The van der Waals surface area contributed by atoms with Crippen LogP contribution in [0.5, 0.6) is 5.75 Å². The van der Waals surface area contributed by atoms with Gasteiger partial charge < -0.3 is 4.74 Å². The summed E-state index contributed by atoms with van der Waals surface area (Å²) < 4.78 is 6.35. The van der Waals surface area contributed by atoms with Gasteiger partial charge in [-0.2, -0.15) is 0 Å². The standard InChI is InChI=1S/C19H12BrClO2/c20-16-6-4-15-12-18(9-5-14(15)11-16)23-19(22)10-3-13-1-7-17(21)8-2-13/h1-12H/b10-3+. The van der Waals surface area contributed by atoms with Crippen LogP contribution in [-0.2, 0) is 4.79 Å². The molecule has 0 atom stereocenters. The van der Waals surface area contributed by atoms with E-state index in [2.05, 4.69) is 15.9 Å². The summed E-state index contributed by atoms with van der Waals surface area (Å²) in [4.78, 5) is 11.9. The van der Waals surface area contributed by atoms with Crippen molar-refractivity contribution in [2.75, 3.05) is 0 Å². The fraction of sp³-hybridized carbons (Fsp3) is 0. The molecule has 0 fully saturated rings. The highest BCUT2D eigenvalue weighted by Gasteiger charge is 2.03. The minimum Gasteiger partial charge on any atom is -0.423 e. The number of halogens is 2. The van der Waals surface area contributed by atoms with Gasteiger partial charge in [0, 0.05) is 15.6 Å². The van der Waals surface area contributed by atoms with Crippen LogP contribution in [0, 0.1) is 0 Å². The molecule has 0 N–H and O–H groups in total. The van der Waals surface area contributed by atoms with E-state index in [9.17, 15) is 4.79 Å². The Morgan fingerprint density at radius 2 is 1.65 bits per heavy atom. The lowest BCUT2D eigenvalue weighted by molar-refractivity contribution is -0.128. The molecule has 0 radical (unpaired) electrons. The molecule has 0 aromatic heterocycles. The molecule has 2 nitrogen and oxygen atoms in total. The zero-order valence-corrected chi connectivity index (χ0v) is 14.3. The third kappa shape index (κ3) is 4.21. The van der Waals surface area contributed by atoms with Crippen molar-refractivity contribution in [3.8, 4) is 5.75 Å². The molecule has 4 heteroatoms. The average molecular weight is 388 g/mol. The number of ether oxygens (including phenoxy) is 1. The van der Waals surface area contributed by atoms with Gasteiger partial charge in [-0.3, -0.25) is 0 Å². The monoisotopic (exact) mass is 386 g/mol. The second-order valence-electron chi connectivity index (χ2n) is 4.96. The van der Waals surface area contributed by atoms with Gasteiger partial charge in [0.1, 0.15) is 5.75 Å². The molecule has 3 aromatic rings. The molecule has 114 valence electrons. The van der Waals surface area contributed by atoms with Crippen molar-refractivity contribution in [1.29, 1.82) is 0 Å². The Kier molecular flexibility index (Phi) is 4.79. The van der Waals surface area contributed by atoms with Crippen LogP contribution in [0.15, 0.2) is 71.2 Å². The molecule has 0 bridgehead atoms. The van der Waals surface area contributed by atoms with Gasteiger partial charge in [0.05, 0.1) is 0 Å². The molecule has 0 spiro atoms. The van der Waals surface area contributed by atoms with Crippen molar-refractivity contribution < 1.29 is 9.53 Å². The lowest BCUT2D eigenvalue weighted by atomic mass is 10.1. The van der Waals surface area contributed by atoms with Crippen LogP contribution in [-0.4, -0.2) is 5.97 Å². The Hall–Kier alpha value is -2.10. The van der Waals surface area contributed by atoms with Crippen molar-refractivity contribution in [3.63, 3.8) is 0 Å². The van der Waals surface area contributed by atoms with Crippen molar-refractivity contribution in [3.05, 3.63) is 81.8 Å². The smallest absolute Gasteiger partial charge is 0.336 e. The van der Waals surface area contributed by atoms with Gasteiger partial charge in [-0.25, -0.2) is 4.79 Å². The van der Waals surface area contributed by atoms with Crippen LogP contribution >= 0.6 is 27.5 Å². The quantitative estimate of drug-likeness (QED) is 0.319. The minimum absolute atomic E-state index is 0.420. The van der Waals surface area contributed by atoms with E-state index < -0.39 is 5.97 Å². The molecule has 0 heterocycles. The maximum atomic E-state index is 11.9. The first-order valence-corrected chi connectivity index (χ1v) is 8.12. The lowest BCUT2D eigenvalue weighted by Crippen LogP contribution is -2.03. The van der Waals surface area contributed by atoms with Crippen LogP contribution in [0.4, 0.5) is 0 Å². The van der Waals surface area contributed by atoms with Gasteiger partial charge in [-0.05, 0) is 58.8 Å². The molecule has 3 aromatic carbocycles. The Bertz CT molecular complexity index is 886. The van der Waals surface area contributed by atoms with Crippen molar-refractivity contribution in [2.45, 2.75) is 0 Å². The van der Waals surface area contributed by atoms with E-state index in [0.29, 0.717) is 10.8 Å². The minimum atomic E-state index is -0.420. The Morgan fingerprint density at radius 3 is 2.43 bits per heavy atom. The second kappa shape index (κ2) is 6.99. The van der Waals surface area contributed by atoms with Crippen LogP contribution in [0.2, 0.25) is 5.02 Å². The molecule has 0 unspecified atom stereocenters. The molecular weight excluding hydrogens is 376 g/mol. The number of esters is 1. The van der Waals surface area contributed by atoms with Crippen LogP contribution in [0.1, 0.15) is 5.56 Å². The summed E-state index contributed by atoms with van der Waals surface area (Å²) in [6, 6.07) is 18.7. The molecule has 3 rings (SSSR count).